The van der Waals surface area contributed by atoms with Crippen molar-refractivity contribution in [2.45, 2.75) is 26.1 Å². The summed E-state index contributed by atoms with van der Waals surface area (Å²) in [4.78, 5) is 4.57. The minimum Gasteiger partial charge on any atom is -0.392 e. The number of benzene rings is 1. The number of anilines is 1. The molecule has 0 radical (unpaired) electrons. The van der Waals surface area contributed by atoms with Crippen LogP contribution in [0.1, 0.15) is 12.5 Å². The van der Waals surface area contributed by atoms with Crippen molar-refractivity contribution in [1.29, 1.82) is 0 Å². The minimum absolute atomic E-state index is 0.357. The monoisotopic (exact) mass is 285 g/mol. The summed E-state index contributed by atoms with van der Waals surface area (Å²) in [6, 6.07) is 10.5. The lowest BCUT2D eigenvalue weighted by Gasteiger charge is -2.32. The van der Waals surface area contributed by atoms with E-state index in [2.05, 4.69) is 58.9 Å². The first-order chi connectivity index (χ1) is 10.1. The van der Waals surface area contributed by atoms with Gasteiger partial charge in [-0.15, -0.1) is 0 Å². The van der Waals surface area contributed by atoms with E-state index in [9.17, 15) is 5.11 Å². The molecule has 0 saturated carbocycles. The van der Waals surface area contributed by atoms with E-state index in [0.717, 1.165) is 13.2 Å². The van der Waals surface area contributed by atoms with Gasteiger partial charge in [0.25, 0.3) is 0 Å². The summed E-state index contributed by atoms with van der Waals surface area (Å²) in [5.41, 5.74) is 5.05. The van der Waals surface area contributed by atoms with Crippen molar-refractivity contribution in [3.8, 4) is 11.3 Å². The van der Waals surface area contributed by atoms with E-state index in [4.69, 9.17) is 0 Å². The molecule has 4 nitrogen and oxygen atoms in total. The van der Waals surface area contributed by atoms with Crippen LogP contribution < -0.4 is 4.90 Å². The van der Waals surface area contributed by atoms with Gasteiger partial charge in [0.05, 0.1) is 24.2 Å². The fourth-order valence-corrected chi connectivity index (χ4v) is 3.19. The normalized spacial score (nSPS) is 16.9. The lowest BCUT2D eigenvalue weighted by molar-refractivity contribution is 0.174. The third-order valence-electron chi connectivity index (χ3n) is 3.96. The quantitative estimate of drug-likeness (QED) is 0.939. The van der Waals surface area contributed by atoms with Gasteiger partial charge in [-0.25, -0.2) is 0 Å². The highest BCUT2D eigenvalue weighted by molar-refractivity contribution is 5.73. The van der Waals surface area contributed by atoms with Gasteiger partial charge in [0.1, 0.15) is 0 Å². The van der Waals surface area contributed by atoms with Crippen LogP contribution in [0.3, 0.4) is 0 Å². The molecule has 1 N–H and O–H groups in total. The first-order valence-electron chi connectivity index (χ1n) is 7.41. The van der Waals surface area contributed by atoms with Gasteiger partial charge in [-0.05, 0) is 19.5 Å². The Hall–Kier alpha value is -1.78. The van der Waals surface area contributed by atoms with Crippen LogP contribution in [0, 0.1) is 0 Å². The molecule has 0 saturated heterocycles. The molecule has 1 aliphatic heterocycles. The summed E-state index contributed by atoms with van der Waals surface area (Å²) in [5.74, 6) is 0. The number of fused-ring (bicyclic) bond motifs is 1. The summed E-state index contributed by atoms with van der Waals surface area (Å²) in [5, 5.41) is 9.81. The third kappa shape index (κ3) is 2.69. The van der Waals surface area contributed by atoms with E-state index in [1.165, 1.54) is 22.5 Å². The smallest absolute Gasteiger partial charge is 0.0704 e. The molecular weight excluding hydrogens is 262 g/mol. The van der Waals surface area contributed by atoms with Gasteiger partial charge in [0.15, 0.2) is 0 Å². The Morgan fingerprint density at radius 2 is 1.90 bits per heavy atom. The summed E-state index contributed by atoms with van der Waals surface area (Å²) in [6.07, 6.45) is 1.82. The summed E-state index contributed by atoms with van der Waals surface area (Å²) < 4.78 is 2.19. The van der Waals surface area contributed by atoms with Crippen LogP contribution in [-0.4, -0.2) is 41.4 Å². The van der Waals surface area contributed by atoms with Crippen LogP contribution in [0.25, 0.3) is 11.3 Å². The molecule has 1 aromatic heterocycles. The molecule has 1 aromatic carbocycles. The number of hydrogen-bond donors (Lipinski definition) is 1. The highest BCUT2D eigenvalue weighted by Crippen LogP contribution is 2.36. The second kappa shape index (κ2) is 5.54. The zero-order chi connectivity index (χ0) is 15.0. The van der Waals surface area contributed by atoms with E-state index >= 15 is 0 Å². The van der Waals surface area contributed by atoms with Crippen molar-refractivity contribution >= 4 is 5.69 Å². The van der Waals surface area contributed by atoms with Gasteiger partial charge in [-0.3, -0.25) is 4.90 Å². The molecule has 1 atom stereocenters. The molecule has 0 aliphatic carbocycles. The SMILES string of the molecule is C[C@H](O)Cn1cc2c(c1-c1ccccc1)CN(C)CN2C. The van der Waals surface area contributed by atoms with Crippen molar-refractivity contribution in [2.24, 2.45) is 0 Å². The Morgan fingerprint density at radius 1 is 1.19 bits per heavy atom. The highest BCUT2D eigenvalue weighted by atomic mass is 16.3. The molecule has 2 heterocycles. The fourth-order valence-electron chi connectivity index (χ4n) is 3.19. The van der Waals surface area contributed by atoms with Crippen LogP contribution in [0.4, 0.5) is 5.69 Å². The van der Waals surface area contributed by atoms with Crippen molar-refractivity contribution in [2.75, 3.05) is 25.7 Å². The second-order valence-electron chi connectivity index (χ2n) is 6.06. The van der Waals surface area contributed by atoms with Gasteiger partial charge in [0, 0.05) is 31.9 Å². The van der Waals surface area contributed by atoms with Crippen LogP contribution in [0.5, 0.6) is 0 Å². The fraction of sp³-hybridized carbons (Fsp3) is 0.412. The molecule has 0 fully saturated rings. The Morgan fingerprint density at radius 3 is 2.57 bits per heavy atom. The molecule has 0 spiro atoms. The number of aromatic nitrogens is 1. The van der Waals surface area contributed by atoms with E-state index in [0.29, 0.717) is 6.54 Å². The summed E-state index contributed by atoms with van der Waals surface area (Å²) in [7, 11) is 4.26. The van der Waals surface area contributed by atoms with Crippen LogP contribution in [-0.2, 0) is 13.1 Å². The minimum atomic E-state index is -0.357. The molecule has 2 aromatic rings. The lowest BCUT2D eigenvalue weighted by Crippen LogP contribution is -2.37. The van der Waals surface area contributed by atoms with Crippen molar-refractivity contribution in [3.05, 3.63) is 42.1 Å². The van der Waals surface area contributed by atoms with Crippen LogP contribution in [0.15, 0.2) is 36.5 Å². The van der Waals surface area contributed by atoms with Gasteiger partial charge < -0.3 is 14.6 Å². The average Bonchev–Trinajstić information content (AvgIpc) is 2.77. The van der Waals surface area contributed by atoms with Gasteiger partial charge in [0.2, 0.25) is 0 Å². The molecule has 3 rings (SSSR count). The second-order valence-corrected chi connectivity index (χ2v) is 6.06. The number of aliphatic hydroxyl groups is 1. The van der Waals surface area contributed by atoms with Crippen molar-refractivity contribution in [3.63, 3.8) is 0 Å². The predicted molar refractivity (Wildman–Crippen MR) is 86.3 cm³/mol. The first-order valence-corrected chi connectivity index (χ1v) is 7.41. The molecule has 0 unspecified atom stereocenters. The topological polar surface area (TPSA) is 31.6 Å². The number of hydrogen-bond acceptors (Lipinski definition) is 3. The number of rotatable bonds is 3. The van der Waals surface area contributed by atoms with E-state index < -0.39 is 0 Å². The maximum Gasteiger partial charge on any atom is 0.0704 e. The van der Waals surface area contributed by atoms with E-state index in [1.54, 1.807) is 0 Å². The molecule has 112 valence electrons. The largest absolute Gasteiger partial charge is 0.392 e. The number of aliphatic hydroxyl groups excluding tert-OH is 1. The van der Waals surface area contributed by atoms with Crippen molar-refractivity contribution in [1.82, 2.24) is 9.47 Å². The summed E-state index contributed by atoms with van der Waals surface area (Å²) in [6.45, 7) is 4.33. The Kier molecular flexibility index (Phi) is 3.74. The molecular formula is C17H23N3O. The Balaban J connectivity index is 2.15. The van der Waals surface area contributed by atoms with Gasteiger partial charge in [-0.2, -0.15) is 0 Å². The zero-order valence-electron chi connectivity index (χ0n) is 13.0. The molecule has 0 amide bonds. The molecule has 0 bridgehead atoms. The van der Waals surface area contributed by atoms with Crippen LogP contribution in [0.2, 0.25) is 0 Å². The first kappa shape index (κ1) is 14.2. The van der Waals surface area contributed by atoms with Gasteiger partial charge in [-0.1, -0.05) is 30.3 Å². The Bertz CT molecular complexity index is 618. The summed E-state index contributed by atoms with van der Waals surface area (Å²) >= 11 is 0. The molecule has 1 aliphatic rings. The van der Waals surface area contributed by atoms with E-state index in [-0.39, 0.29) is 6.10 Å². The average molecular weight is 285 g/mol. The molecule has 4 heteroatoms. The third-order valence-corrected chi connectivity index (χ3v) is 3.96. The van der Waals surface area contributed by atoms with Gasteiger partial charge >= 0.3 is 0 Å². The maximum atomic E-state index is 9.81. The maximum absolute atomic E-state index is 9.81. The predicted octanol–water partition coefficient (Wildman–Crippen LogP) is 2.38. The van der Waals surface area contributed by atoms with Crippen LogP contribution >= 0.6 is 0 Å². The lowest BCUT2D eigenvalue weighted by atomic mass is 10.1. The Labute approximate surface area is 126 Å². The highest BCUT2D eigenvalue weighted by Gasteiger charge is 2.25. The zero-order valence-corrected chi connectivity index (χ0v) is 13.0. The standard InChI is InChI=1S/C17H23N3O/c1-13(21)9-20-11-16-15(10-18(2)12-19(16)3)17(20)14-7-5-4-6-8-14/h4-8,11,13,21H,9-10,12H2,1-3H3/t13-/m0/s1. The number of nitrogens with zero attached hydrogens (tertiary/aromatic N) is 3. The van der Waals surface area contributed by atoms with E-state index in [1.807, 2.05) is 13.0 Å². The van der Waals surface area contributed by atoms with Crippen molar-refractivity contribution < 1.29 is 5.11 Å². The molecule has 21 heavy (non-hydrogen) atoms.